The summed E-state index contributed by atoms with van der Waals surface area (Å²) in [6.07, 6.45) is 0.814. The number of hydrogen-bond donors (Lipinski definition) is 2. The molecule has 0 fully saturated rings. The number of anilines is 2. The lowest BCUT2D eigenvalue weighted by molar-refractivity contribution is -0.118. The molecule has 2 heterocycles. The van der Waals surface area contributed by atoms with Gasteiger partial charge in [-0.05, 0) is 41.7 Å². The smallest absolute Gasteiger partial charge is 0.234 e. The lowest BCUT2D eigenvalue weighted by Gasteiger charge is -2.42. The number of halogens is 3. The molecule has 1 aliphatic carbocycles. The highest BCUT2D eigenvalue weighted by Crippen LogP contribution is 2.50. The highest BCUT2D eigenvalue weighted by molar-refractivity contribution is 8.01. The predicted molar refractivity (Wildman–Crippen MR) is 154 cm³/mol. The normalized spacial score (nSPS) is 18.3. The van der Waals surface area contributed by atoms with Gasteiger partial charge >= 0.3 is 0 Å². The van der Waals surface area contributed by atoms with Crippen LogP contribution < -0.4 is 16.0 Å². The van der Waals surface area contributed by atoms with E-state index in [9.17, 15) is 23.6 Å². The third kappa shape index (κ3) is 5.84. The zero-order valence-corrected chi connectivity index (χ0v) is 24.3. The van der Waals surface area contributed by atoms with Gasteiger partial charge in [-0.1, -0.05) is 60.7 Å². The Morgan fingerprint density at radius 1 is 1.24 bits per heavy atom. The molecule has 210 valence electrons. The van der Waals surface area contributed by atoms with Crippen molar-refractivity contribution in [2.45, 2.75) is 36.9 Å². The van der Waals surface area contributed by atoms with Crippen LogP contribution in [0.3, 0.4) is 0 Å². The van der Waals surface area contributed by atoms with Gasteiger partial charge in [0.1, 0.15) is 17.5 Å². The van der Waals surface area contributed by atoms with Gasteiger partial charge in [0.2, 0.25) is 11.0 Å². The van der Waals surface area contributed by atoms with Crippen molar-refractivity contribution in [3.05, 3.63) is 87.3 Å². The Bertz CT molecular complexity index is 1660. The molecular weight excluding hydrogens is 590 g/mol. The van der Waals surface area contributed by atoms with Gasteiger partial charge in [0, 0.05) is 28.8 Å². The number of ketones is 1. The van der Waals surface area contributed by atoms with Crippen LogP contribution in [0.15, 0.2) is 69.5 Å². The summed E-state index contributed by atoms with van der Waals surface area (Å²) in [5.41, 5.74) is 8.21. The molecule has 1 atom stereocenters. The Morgan fingerprint density at radius 3 is 2.66 bits per heavy atom. The maximum Gasteiger partial charge on any atom is 0.234 e. The molecule has 2 aromatic carbocycles. The second kappa shape index (κ2) is 11.2. The number of benzene rings is 2. The topological polar surface area (TPSA) is 125 Å². The molecule has 3 N–H and O–H groups in total. The number of amides is 1. The fraction of sp³-hybridized carbons (Fsp3) is 0.250. The first-order valence-corrected chi connectivity index (χ1v) is 14.6. The van der Waals surface area contributed by atoms with E-state index in [4.69, 9.17) is 17.3 Å². The van der Waals surface area contributed by atoms with E-state index in [0.29, 0.717) is 44.7 Å². The molecule has 3 aromatic rings. The van der Waals surface area contributed by atoms with Crippen LogP contribution in [0.2, 0.25) is 5.02 Å². The van der Waals surface area contributed by atoms with E-state index in [1.807, 2.05) is 13.8 Å². The molecule has 13 heteroatoms. The highest BCUT2D eigenvalue weighted by Gasteiger charge is 2.45. The zero-order valence-electron chi connectivity index (χ0n) is 21.9. The third-order valence-corrected chi connectivity index (χ3v) is 9.00. The number of aromatic nitrogens is 2. The maximum atomic E-state index is 13.9. The van der Waals surface area contributed by atoms with Crippen LogP contribution in [0.1, 0.15) is 38.2 Å². The van der Waals surface area contributed by atoms with Crippen molar-refractivity contribution >= 4 is 57.2 Å². The van der Waals surface area contributed by atoms with Crippen molar-refractivity contribution in [1.82, 2.24) is 10.2 Å². The van der Waals surface area contributed by atoms with Gasteiger partial charge in [-0.15, -0.1) is 10.2 Å². The average Bonchev–Trinajstić information content (AvgIpc) is 3.37. The lowest BCUT2D eigenvalue weighted by atomic mass is 9.69. The van der Waals surface area contributed by atoms with Crippen molar-refractivity contribution in [3.63, 3.8) is 0 Å². The highest BCUT2D eigenvalue weighted by atomic mass is 35.5. The number of nitrogens with two attached hydrogens (primary N) is 1. The van der Waals surface area contributed by atoms with Crippen molar-refractivity contribution < 1.29 is 18.4 Å². The molecule has 0 saturated carbocycles. The summed E-state index contributed by atoms with van der Waals surface area (Å²) in [4.78, 5) is 27.6. The van der Waals surface area contributed by atoms with Gasteiger partial charge in [-0.2, -0.15) is 5.26 Å². The Morgan fingerprint density at radius 2 is 1.98 bits per heavy atom. The first-order chi connectivity index (χ1) is 19.5. The first kappa shape index (κ1) is 28.7. The Hall–Kier alpha value is -3.79. The Balaban J connectivity index is 1.45. The van der Waals surface area contributed by atoms with Crippen LogP contribution in [0.5, 0.6) is 0 Å². The zero-order chi connectivity index (χ0) is 29.5. The number of Topliss-reactive ketones (excluding diaryl/α,β-unsaturated/α-hetero) is 1. The Labute approximate surface area is 247 Å². The SMILES string of the molecule is CC1(C)CC(=O)C2=C(C1)N(c1nnc(SCC(=O)Nc3ccc(F)cc3F)s1)C(N)=C(C#N)C2c1ccc(Cl)cc1. The predicted octanol–water partition coefficient (Wildman–Crippen LogP) is 6.14. The molecular formula is C28H23ClF2N6O2S2. The van der Waals surface area contributed by atoms with Gasteiger partial charge in [-0.25, -0.2) is 8.78 Å². The van der Waals surface area contributed by atoms with Gasteiger partial charge in [-0.3, -0.25) is 14.5 Å². The number of rotatable bonds is 6. The monoisotopic (exact) mass is 612 g/mol. The van der Waals surface area contributed by atoms with Gasteiger partial charge < -0.3 is 11.1 Å². The molecule has 41 heavy (non-hydrogen) atoms. The first-order valence-electron chi connectivity index (χ1n) is 12.4. The number of carbonyl (C=O) groups is 2. The molecule has 2 aliphatic rings. The van der Waals surface area contributed by atoms with Crippen LogP contribution in [0.25, 0.3) is 0 Å². The van der Waals surface area contributed by atoms with Crippen molar-refractivity contribution in [2.75, 3.05) is 16.0 Å². The van der Waals surface area contributed by atoms with E-state index >= 15 is 0 Å². The number of hydrogen-bond acceptors (Lipinski definition) is 9. The summed E-state index contributed by atoms with van der Waals surface area (Å²) < 4.78 is 27.5. The molecule has 1 amide bonds. The summed E-state index contributed by atoms with van der Waals surface area (Å²) in [6.45, 7) is 3.99. The summed E-state index contributed by atoms with van der Waals surface area (Å²) >= 11 is 8.31. The van der Waals surface area contributed by atoms with Crippen LogP contribution >= 0.6 is 34.7 Å². The van der Waals surface area contributed by atoms with E-state index in [2.05, 4.69) is 21.6 Å². The van der Waals surface area contributed by atoms with Crippen molar-refractivity contribution in [3.8, 4) is 6.07 Å². The van der Waals surface area contributed by atoms with E-state index < -0.39 is 23.5 Å². The van der Waals surface area contributed by atoms with Crippen molar-refractivity contribution in [2.24, 2.45) is 11.1 Å². The second-order valence-corrected chi connectivity index (χ2v) is 13.0. The Kier molecular flexibility index (Phi) is 7.87. The summed E-state index contributed by atoms with van der Waals surface area (Å²) in [5.74, 6) is -2.84. The fourth-order valence-corrected chi connectivity index (χ4v) is 6.78. The largest absolute Gasteiger partial charge is 0.384 e. The number of allylic oxidation sites excluding steroid dienone is 3. The minimum absolute atomic E-state index is 0.0785. The van der Waals surface area contributed by atoms with E-state index in [1.54, 1.807) is 29.2 Å². The number of nitriles is 1. The van der Waals surface area contributed by atoms with Crippen LogP contribution in [0, 0.1) is 28.4 Å². The molecule has 0 spiro atoms. The van der Waals surface area contributed by atoms with Gasteiger partial charge in [0.05, 0.1) is 29.0 Å². The third-order valence-electron chi connectivity index (χ3n) is 6.70. The van der Waals surface area contributed by atoms with Gasteiger partial charge in [0.25, 0.3) is 0 Å². The molecule has 0 radical (unpaired) electrons. The number of nitrogens with zero attached hydrogens (tertiary/aromatic N) is 4. The molecule has 1 aliphatic heterocycles. The number of nitrogens with one attached hydrogen (secondary N) is 1. The molecule has 1 unspecified atom stereocenters. The van der Waals surface area contributed by atoms with Crippen LogP contribution in [0.4, 0.5) is 19.6 Å². The van der Waals surface area contributed by atoms with Gasteiger partial charge in [0.15, 0.2) is 10.1 Å². The quantitative estimate of drug-likeness (QED) is 0.318. The second-order valence-electron chi connectivity index (χ2n) is 10.3. The molecule has 0 bridgehead atoms. The standard InChI is InChI=1S/C28H23ClF2N6O2S2/c1-28(2)10-20-24(21(38)11-28)23(14-3-5-15(29)6-4-14)17(12-32)25(33)37(20)26-35-36-27(41-26)40-13-22(39)34-19-8-7-16(30)9-18(19)31/h3-9,23H,10-11,13,33H2,1-2H3,(H,34,39). The minimum Gasteiger partial charge on any atom is -0.384 e. The average molecular weight is 613 g/mol. The van der Waals surface area contributed by atoms with E-state index in [1.165, 1.54) is 0 Å². The summed E-state index contributed by atoms with van der Waals surface area (Å²) in [6, 6.07) is 12.1. The van der Waals surface area contributed by atoms with Crippen molar-refractivity contribution in [1.29, 1.82) is 5.26 Å². The van der Waals surface area contributed by atoms with Crippen LogP contribution in [-0.4, -0.2) is 27.6 Å². The maximum absolute atomic E-state index is 13.9. The van der Waals surface area contributed by atoms with E-state index in [-0.39, 0.29) is 34.0 Å². The lowest BCUT2D eigenvalue weighted by Crippen LogP contribution is -2.42. The molecule has 1 aromatic heterocycles. The fourth-order valence-electron chi connectivity index (χ4n) is 4.97. The number of carbonyl (C=O) groups excluding carboxylic acids is 2. The van der Waals surface area contributed by atoms with E-state index in [0.717, 1.165) is 40.8 Å². The summed E-state index contributed by atoms with van der Waals surface area (Å²) in [5, 5.41) is 21.9. The minimum atomic E-state index is -0.881. The van der Waals surface area contributed by atoms with Crippen LogP contribution in [-0.2, 0) is 9.59 Å². The molecule has 5 rings (SSSR count). The summed E-state index contributed by atoms with van der Waals surface area (Å²) in [7, 11) is 0. The molecule has 8 nitrogen and oxygen atoms in total. The molecule has 0 saturated heterocycles. The number of thioether (sulfide) groups is 1.